The number of hydrogen-bond acceptors (Lipinski definition) is 4. The molecule has 0 fully saturated rings. The molecule has 7 nitrogen and oxygen atoms in total. The van der Waals surface area contributed by atoms with Crippen LogP contribution in [-0.4, -0.2) is 50.0 Å². The van der Waals surface area contributed by atoms with Gasteiger partial charge in [-0.25, -0.2) is 8.42 Å². The van der Waals surface area contributed by atoms with Gasteiger partial charge in [-0.1, -0.05) is 78.1 Å². The van der Waals surface area contributed by atoms with Gasteiger partial charge in [0.25, 0.3) is 0 Å². The van der Waals surface area contributed by atoms with E-state index in [2.05, 4.69) is 5.32 Å². The Morgan fingerprint density at radius 3 is 2.18 bits per heavy atom. The summed E-state index contributed by atoms with van der Waals surface area (Å²) in [5, 5.41) is 3.08. The molecule has 0 radical (unpaired) electrons. The third-order valence-corrected chi connectivity index (χ3v) is 8.88. The maximum absolute atomic E-state index is 14.1. The second-order valence-corrected chi connectivity index (χ2v) is 13.4. The highest BCUT2D eigenvalue weighted by atomic mass is 35.5. The first-order valence-corrected chi connectivity index (χ1v) is 16.4. The lowest BCUT2D eigenvalue weighted by molar-refractivity contribution is -0.140. The predicted molar refractivity (Wildman–Crippen MR) is 167 cm³/mol. The molecule has 0 aliphatic carbocycles. The van der Waals surface area contributed by atoms with E-state index in [-0.39, 0.29) is 29.1 Å². The van der Waals surface area contributed by atoms with Crippen LogP contribution in [0.5, 0.6) is 0 Å². The van der Waals surface area contributed by atoms with Crippen LogP contribution in [0.2, 0.25) is 15.1 Å². The molecule has 0 unspecified atom stereocenters. The van der Waals surface area contributed by atoms with Crippen molar-refractivity contribution in [3.63, 3.8) is 0 Å². The van der Waals surface area contributed by atoms with Gasteiger partial charge in [0, 0.05) is 29.1 Å². The molecule has 44 heavy (non-hydrogen) atoms. The van der Waals surface area contributed by atoms with Crippen molar-refractivity contribution < 1.29 is 31.2 Å². The number of anilines is 1. The van der Waals surface area contributed by atoms with E-state index < -0.39 is 51.9 Å². The van der Waals surface area contributed by atoms with Crippen molar-refractivity contribution >= 4 is 62.3 Å². The van der Waals surface area contributed by atoms with Crippen molar-refractivity contribution in [3.8, 4) is 0 Å². The molecule has 0 aromatic heterocycles. The van der Waals surface area contributed by atoms with Gasteiger partial charge < -0.3 is 10.2 Å². The standard InChI is InChI=1S/C30H31Cl3F3N3O4S/c1-4-19(2)37-29(41)27(14-20-8-6-5-7-9-20)38(17-21-10-12-23(31)16-25(21)33)28(40)18-39(44(3,42)43)26-15-22(30(34,35)36)11-13-24(26)32/h5-13,15-16,19,27H,4,14,17-18H2,1-3H3,(H,37,41)/t19-,27+/m1/s1. The summed E-state index contributed by atoms with van der Waals surface area (Å²) < 4.78 is 67.0. The molecule has 3 aromatic carbocycles. The van der Waals surface area contributed by atoms with Crippen molar-refractivity contribution in [1.82, 2.24) is 10.2 Å². The molecule has 238 valence electrons. The smallest absolute Gasteiger partial charge is 0.352 e. The first-order valence-electron chi connectivity index (χ1n) is 13.4. The molecule has 0 aliphatic heterocycles. The Hall–Kier alpha value is -2.99. The van der Waals surface area contributed by atoms with Crippen molar-refractivity contribution in [3.05, 3.63) is 98.5 Å². The number of sulfonamides is 1. The minimum Gasteiger partial charge on any atom is -0.352 e. The highest BCUT2D eigenvalue weighted by Gasteiger charge is 2.36. The summed E-state index contributed by atoms with van der Waals surface area (Å²) >= 11 is 18.7. The Labute approximate surface area is 269 Å². The van der Waals surface area contributed by atoms with Crippen molar-refractivity contribution in [2.75, 3.05) is 17.1 Å². The lowest BCUT2D eigenvalue weighted by Gasteiger charge is -2.34. The molecule has 0 bridgehead atoms. The normalized spacial score (nSPS) is 13.2. The van der Waals surface area contributed by atoms with Gasteiger partial charge >= 0.3 is 6.18 Å². The first-order chi connectivity index (χ1) is 20.5. The Morgan fingerprint density at radius 2 is 1.61 bits per heavy atom. The van der Waals surface area contributed by atoms with Gasteiger partial charge in [-0.15, -0.1) is 0 Å². The molecule has 2 atom stereocenters. The second kappa shape index (κ2) is 14.9. The number of carbonyl (C=O) groups is 2. The average molecular weight is 693 g/mol. The van der Waals surface area contributed by atoms with Crippen LogP contribution >= 0.6 is 34.8 Å². The van der Waals surface area contributed by atoms with E-state index in [1.54, 1.807) is 49.4 Å². The third kappa shape index (κ3) is 9.50. The lowest BCUT2D eigenvalue weighted by atomic mass is 10.0. The number of nitrogens with zero attached hydrogens (tertiary/aromatic N) is 2. The maximum Gasteiger partial charge on any atom is 0.416 e. The van der Waals surface area contributed by atoms with Crippen LogP contribution in [0.3, 0.4) is 0 Å². The van der Waals surface area contributed by atoms with E-state index in [4.69, 9.17) is 34.8 Å². The van der Waals surface area contributed by atoms with E-state index in [1.807, 2.05) is 6.92 Å². The first kappa shape index (κ1) is 35.5. The fourth-order valence-corrected chi connectivity index (χ4v) is 5.89. The maximum atomic E-state index is 14.1. The molecule has 0 saturated heterocycles. The molecule has 3 aromatic rings. The quantitative estimate of drug-likeness (QED) is 0.222. The summed E-state index contributed by atoms with van der Waals surface area (Å²) in [5.41, 5.74) is -0.581. The van der Waals surface area contributed by atoms with Crippen LogP contribution in [0.1, 0.15) is 37.0 Å². The summed E-state index contributed by atoms with van der Waals surface area (Å²) in [4.78, 5) is 29.0. The Balaban J connectivity index is 2.15. The molecule has 0 heterocycles. The monoisotopic (exact) mass is 691 g/mol. The van der Waals surface area contributed by atoms with Gasteiger partial charge in [-0.2, -0.15) is 13.2 Å². The summed E-state index contributed by atoms with van der Waals surface area (Å²) in [6, 6.07) is 14.2. The number of hydrogen-bond donors (Lipinski definition) is 1. The van der Waals surface area contributed by atoms with Crippen molar-refractivity contribution in [2.24, 2.45) is 0 Å². The minimum absolute atomic E-state index is 0.0449. The zero-order chi connectivity index (χ0) is 32.8. The van der Waals surface area contributed by atoms with Gasteiger partial charge in [-0.05, 0) is 54.8 Å². The summed E-state index contributed by atoms with van der Waals surface area (Å²) in [7, 11) is -4.36. The van der Waals surface area contributed by atoms with Crippen molar-refractivity contribution in [2.45, 2.75) is 51.5 Å². The summed E-state index contributed by atoms with van der Waals surface area (Å²) in [5.74, 6) is -1.39. The van der Waals surface area contributed by atoms with Crippen LogP contribution < -0.4 is 9.62 Å². The van der Waals surface area contributed by atoms with E-state index in [1.165, 1.54) is 11.0 Å². The summed E-state index contributed by atoms with van der Waals surface area (Å²) in [6.07, 6.45) is -3.42. The van der Waals surface area contributed by atoms with Gasteiger partial charge in [0.15, 0.2) is 0 Å². The van der Waals surface area contributed by atoms with Gasteiger partial charge in [0.2, 0.25) is 21.8 Å². The number of rotatable bonds is 12. The van der Waals surface area contributed by atoms with Gasteiger partial charge in [-0.3, -0.25) is 13.9 Å². The molecule has 0 saturated carbocycles. The number of carbonyl (C=O) groups excluding carboxylic acids is 2. The molecular formula is C30H31Cl3F3N3O4S. The van der Waals surface area contributed by atoms with Crippen LogP contribution in [0.4, 0.5) is 18.9 Å². The fourth-order valence-electron chi connectivity index (χ4n) is 4.30. The Morgan fingerprint density at radius 1 is 0.955 bits per heavy atom. The zero-order valence-electron chi connectivity index (χ0n) is 24.0. The number of benzene rings is 3. The van der Waals surface area contributed by atoms with Crippen LogP contribution in [0.25, 0.3) is 0 Å². The highest BCUT2D eigenvalue weighted by molar-refractivity contribution is 7.92. The molecule has 0 aliphatic rings. The lowest BCUT2D eigenvalue weighted by Crippen LogP contribution is -2.54. The van der Waals surface area contributed by atoms with Gasteiger partial charge in [0.05, 0.1) is 22.5 Å². The molecular weight excluding hydrogens is 662 g/mol. The Kier molecular flexibility index (Phi) is 12.0. The van der Waals surface area contributed by atoms with Crippen LogP contribution in [-0.2, 0) is 38.8 Å². The van der Waals surface area contributed by atoms with E-state index >= 15 is 0 Å². The number of halogens is 6. The predicted octanol–water partition coefficient (Wildman–Crippen LogP) is 6.99. The van der Waals surface area contributed by atoms with Gasteiger partial charge in [0.1, 0.15) is 12.6 Å². The Bertz CT molecular complexity index is 1590. The SMILES string of the molecule is CC[C@@H](C)NC(=O)[C@H](Cc1ccccc1)N(Cc1ccc(Cl)cc1Cl)C(=O)CN(c1cc(C(F)(F)F)ccc1Cl)S(C)(=O)=O. The minimum atomic E-state index is -4.81. The highest BCUT2D eigenvalue weighted by Crippen LogP contribution is 2.36. The second-order valence-electron chi connectivity index (χ2n) is 10.2. The molecule has 1 N–H and O–H groups in total. The zero-order valence-corrected chi connectivity index (χ0v) is 27.1. The largest absolute Gasteiger partial charge is 0.416 e. The molecule has 0 spiro atoms. The third-order valence-electron chi connectivity index (χ3n) is 6.85. The van der Waals surface area contributed by atoms with Crippen LogP contribution in [0, 0.1) is 0 Å². The number of amides is 2. The molecule has 14 heteroatoms. The topological polar surface area (TPSA) is 86.8 Å². The summed E-state index contributed by atoms with van der Waals surface area (Å²) in [6.45, 7) is 2.47. The average Bonchev–Trinajstić information content (AvgIpc) is 2.94. The van der Waals surface area contributed by atoms with Crippen molar-refractivity contribution in [1.29, 1.82) is 0 Å². The van der Waals surface area contributed by atoms with E-state index in [0.717, 1.165) is 12.3 Å². The number of alkyl halides is 3. The fraction of sp³-hybridized carbons (Fsp3) is 0.333. The van der Waals surface area contributed by atoms with E-state index in [0.29, 0.717) is 39.0 Å². The molecule has 3 rings (SSSR count). The van der Waals surface area contributed by atoms with Crippen LogP contribution in [0.15, 0.2) is 66.7 Å². The number of nitrogens with one attached hydrogen (secondary N) is 1. The molecule has 2 amide bonds. The van der Waals surface area contributed by atoms with E-state index in [9.17, 15) is 31.2 Å².